The molecule has 2 atom stereocenters. The van der Waals surface area contributed by atoms with Crippen LogP contribution in [0.2, 0.25) is 5.02 Å². The number of hydrogen-bond acceptors (Lipinski definition) is 5. The van der Waals surface area contributed by atoms with Gasteiger partial charge in [-0.2, -0.15) is 0 Å². The molecule has 4 nitrogen and oxygen atoms in total. The third-order valence-corrected chi connectivity index (χ3v) is 6.05. The van der Waals surface area contributed by atoms with Gasteiger partial charge in [-0.15, -0.1) is 11.3 Å². The summed E-state index contributed by atoms with van der Waals surface area (Å²) >= 11 is 7.40. The molecule has 6 heteroatoms. The van der Waals surface area contributed by atoms with Crippen LogP contribution >= 0.6 is 22.9 Å². The van der Waals surface area contributed by atoms with Crippen LogP contribution in [0.3, 0.4) is 0 Å². The maximum Gasteiger partial charge on any atom is 0.317 e. The van der Waals surface area contributed by atoms with E-state index >= 15 is 0 Å². The standard InChI is InChI=1S/C20H14ClNO3S/c1-25-20(24)17-16(12-2-4-13(21)5-3-12)14-10-15(26-19(14)18(17)23)11-6-8-22-9-7-11/h2-10,16-17H,1H3/t16-,17+/m0/s1. The monoisotopic (exact) mass is 383 g/mol. The topological polar surface area (TPSA) is 56.3 Å². The van der Waals surface area contributed by atoms with Crippen molar-refractivity contribution >= 4 is 34.7 Å². The fraction of sp³-hybridized carbons (Fsp3) is 0.150. The second kappa shape index (κ2) is 6.67. The summed E-state index contributed by atoms with van der Waals surface area (Å²) in [6.45, 7) is 0. The van der Waals surface area contributed by atoms with Gasteiger partial charge in [0, 0.05) is 28.2 Å². The van der Waals surface area contributed by atoms with Crippen molar-refractivity contribution in [3.05, 3.63) is 75.9 Å². The van der Waals surface area contributed by atoms with Crippen LogP contribution in [0.25, 0.3) is 10.4 Å². The Labute approximate surface area is 159 Å². The highest BCUT2D eigenvalue weighted by Gasteiger charge is 2.47. The molecule has 2 heterocycles. The number of halogens is 1. The Morgan fingerprint density at radius 3 is 2.50 bits per heavy atom. The molecule has 4 rings (SSSR count). The SMILES string of the molecule is COC(=O)[C@H]1C(=O)c2sc(-c3ccncc3)cc2[C@@H]1c1ccc(Cl)cc1. The summed E-state index contributed by atoms with van der Waals surface area (Å²) < 4.78 is 4.91. The van der Waals surface area contributed by atoms with Gasteiger partial charge >= 0.3 is 5.97 Å². The van der Waals surface area contributed by atoms with Gasteiger partial charge in [0.15, 0.2) is 5.78 Å². The third kappa shape index (κ3) is 2.73. The predicted octanol–water partition coefficient (Wildman–Crippen LogP) is 4.58. The molecule has 0 saturated heterocycles. The zero-order valence-electron chi connectivity index (χ0n) is 13.8. The molecule has 3 aromatic rings. The number of fused-ring (bicyclic) bond motifs is 1. The lowest BCUT2D eigenvalue weighted by Crippen LogP contribution is -2.26. The number of ether oxygens (including phenoxy) is 1. The van der Waals surface area contributed by atoms with Crippen molar-refractivity contribution in [1.29, 1.82) is 0 Å². The summed E-state index contributed by atoms with van der Waals surface area (Å²) in [7, 11) is 1.31. The first-order valence-electron chi connectivity index (χ1n) is 8.02. The molecule has 0 bridgehead atoms. The number of hydrogen-bond donors (Lipinski definition) is 0. The van der Waals surface area contributed by atoms with E-state index in [-0.39, 0.29) is 11.7 Å². The molecule has 1 aromatic carbocycles. The summed E-state index contributed by atoms with van der Waals surface area (Å²) in [5.74, 6) is -1.91. The highest BCUT2D eigenvalue weighted by molar-refractivity contribution is 7.17. The molecule has 1 aliphatic rings. The minimum Gasteiger partial charge on any atom is -0.468 e. The van der Waals surface area contributed by atoms with E-state index in [4.69, 9.17) is 16.3 Å². The van der Waals surface area contributed by atoms with Crippen LogP contribution in [0.1, 0.15) is 26.7 Å². The number of esters is 1. The van der Waals surface area contributed by atoms with Crippen LogP contribution in [0.4, 0.5) is 0 Å². The summed E-state index contributed by atoms with van der Waals surface area (Å²) in [6.07, 6.45) is 3.44. The fourth-order valence-electron chi connectivity index (χ4n) is 3.37. The summed E-state index contributed by atoms with van der Waals surface area (Å²) in [5, 5.41) is 0.607. The normalized spacial score (nSPS) is 18.6. The average molecular weight is 384 g/mol. The first-order chi connectivity index (χ1) is 12.6. The lowest BCUT2D eigenvalue weighted by atomic mass is 9.85. The molecule has 0 N–H and O–H groups in total. The molecule has 0 spiro atoms. The molecule has 1 aliphatic carbocycles. The van der Waals surface area contributed by atoms with E-state index in [0.29, 0.717) is 9.90 Å². The van der Waals surface area contributed by atoms with Gasteiger partial charge in [-0.05, 0) is 47.0 Å². The van der Waals surface area contributed by atoms with E-state index in [0.717, 1.165) is 21.6 Å². The maximum atomic E-state index is 13.0. The number of carbonyl (C=O) groups excluding carboxylic acids is 2. The molecule has 0 radical (unpaired) electrons. The van der Waals surface area contributed by atoms with Gasteiger partial charge < -0.3 is 4.74 Å². The smallest absolute Gasteiger partial charge is 0.317 e. The molecule has 26 heavy (non-hydrogen) atoms. The molecule has 0 aliphatic heterocycles. The minimum absolute atomic E-state index is 0.183. The zero-order chi connectivity index (χ0) is 18.3. The van der Waals surface area contributed by atoms with Crippen LogP contribution in [0.5, 0.6) is 0 Å². The third-order valence-electron chi connectivity index (χ3n) is 4.58. The summed E-state index contributed by atoms with van der Waals surface area (Å²) in [5.41, 5.74) is 2.73. The van der Waals surface area contributed by atoms with E-state index < -0.39 is 11.9 Å². The Kier molecular flexibility index (Phi) is 4.34. The molecule has 0 fully saturated rings. The van der Waals surface area contributed by atoms with Gasteiger partial charge in [-0.1, -0.05) is 23.7 Å². The van der Waals surface area contributed by atoms with Crippen molar-refractivity contribution in [3.8, 4) is 10.4 Å². The number of aromatic nitrogens is 1. The van der Waals surface area contributed by atoms with Gasteiger partial charge in [0.05, 0.1) is 12.0 Å². The number of benzene rings is 1. The van der Waals surface area contributed by atoms with E-state index in [1.165, 1.54) is 18.4 Å². The largest absolute Gasteiger partial charge is 0.468 e. The second-order valence-corrected chi connectivity index (χ2v) is 7.51. The van der Waals surface area contributed by atoms with Gasteiger partial charge in [0.25, 0.3) is 0 Å². The Morgan fingerprint density at radius 2 is 1.85 bits per heavy atom. The first-order valence-corrected chi connectivity index (χ1v) is 9.21. The molecule has 0 amide bonds. The van der Waals surface area contributed by atoms with Gasteiger partial charge in [-0.25, -0.2) is 0 Å². The second-order valence-electron chi connectivity index (χ2n) is 6.03. The van der Waals surface area contributed by atoms with Crippen molar-refractivity contribution < 1.29 is 14.3 Å². The number of ketones is 1. The molecular weight excluding hydrogens is 370 g/mol. The van der Waals surface area contributed by atoms with Crippen LogP contribution in [0, 0.1) is 5.92 Å². The van der Waals surface area contributed by atoms with E-state index in [9.17, 15) is 9.59 Å². The Balaban J connectivity index is 1.85. The van der Waals surface area contributed by atoms with Crippen molar-refractivity contribution in [1.82, 2.24) is 4.98 Å². The first kappa shape index (κ1) is 16.9. The lowest BCUT2D eigenvalue weighted by Gasteiger charge is -2.18. The number of Topliss-reactive ketones (excluding diaryl/α,β-unsaturated/α-hetero) is 1. The average Bonchev–Trinajstić information content (AvgIpc) is 3.21. The summed E-state index contributed by atoms with van der Waals surface area (Å²) in [6, 6.07) is 13.1. The lowest BCUT2D eigenvalue weighted by molar-refractivity contribution is -0.143. The van der Waals surface area contributed by atoms with Crippen LogP contribution in [-0.2, 0) is 9.53 Å². The van der Waals surface area contributed by atoms with E-state index in [2.05, 4.69) is 4.98 Å². The highest BCUT2D eigenvalue weighted by atomic mass is 35.5. The number of thiophene rings is 1. The Hall–Kier alpha value is -2.50. The molecule has 0 saturated carbocycles. The van der Waals surface area contributed by atoms with Crippen molar-refractivity contribution in [2.75, 3.05) is 7.11 Å². The molecule has 130 valence electrons. The number of methoxy groups -OCH3 is 1. The van der Waals surface area contributed by atoms with Crippen molar-refractivity contribution in [3.63, 3.8) is 0 Å². The molecular formula is C20H14ClNO3S. The number of carbonyl (C=O) groups is 2. The quantitative estimate of drug-likeness (QED) is 0.490. The minimum atomic E-state index is -0.853. The fourth-order valence-corrected chi connectivity index (χ4v) is 4.69. The zero-order valence-corrected chi connectivity index (χ0v) is 15.4. The highest BCUT2D eigenvalue weighted by Crippen LogP contribution is 2.48. The van der Waals surface area contributed by atoms with Gasteiger partial charge in [-0.3, -0.25) is 14.6 Å². The Bertz CT molecular complexity index is 982. The molecule has 0 unspecified atom stereocenters. The number of pyridine rings is 1. The Morgan fingerprint density at radius 1 is 1.15 bits per heavy atom. The predicted molar refractivity (Wildman–Crippen MR) is 101 cm³/mol. The summed E-state index contributed by atoms with van der Waals surface area (Å²) in [4.78, 5) is 30.9. The number of nitrogens with zero attached hydrogens (tertiary/aromatic N) is 1. The number of rotatable bonds is 3. The van der Waals surface area contributed by atoms with Crippen LogP contribution < -0.4 is 0 Å². The van der Waals surface area contributed by atoms with E-state index in [1.807, 2.05) is 30.3 Å². The van der Waals surface area contributed by atoms with Crippen LogP contribution in [-0.4, -0.2) is 23.8 Å². The van der Waals surface area contributed by atoms with Crippen molar-refractivity contribution in [2.24, 2.45) is 5.92 Å². The van der Waals surface area contributed by atoms with Gasteiger partial charge in [0.1, 0.15) is 5.92 Å². The maximum absolute atomic E-state index is 13.0. The van der Waals surface area contributed by atoms with E-state index in [1.54, 1.807) is 24.5 Å². The van der Waals surface area contributed by atoms with Crippen LogP contribution in [0.15, 0.2) is 54.9 Å². The van der Waals surface area contributed by atoms with Crippen molar-refractivity contribution in [2.45, 2.75) is 5.92 Å². The van der Waals surface area contributed by atoms with Gasteiger partial charge in [0.2, 0.25) is 0 Å². The molecule has 2 aromatic heterocycles.